The number of rotatable bonds is 0. The van der Waals surface area contributed by atoms with Gasteiger partial charge >= 0.3 is 7.82 Å². The molecule has 0 fully saturated rings. The summed E-state index contributed by atoms with van der Waals surface area (Å²) in [6.07, 6.45) is 0. The van der Waals surface area contributed by atoms with Crippen LogP contribution >= 0.6 is 7.82 Å². The third-order valence-corrected chi connectivity index (χ3v) is 0. The van der Waals surface area contributed by atoms with Gasteiger partial charge in [0.25, 0.3) is 0 Å². The van der Waals surface area contributed by atoms with Gasteiger partial charge in [-0.15, -0.1) is 0 Å². The molecule has 0 saturated carbocycles. The molecule has 0 aliphatic carbocycles. The maximum Gasteiger partial charge on any atom is 0.466 e. The Morgan fingerprint density at radius 3 is 1.14 bits per heavy atom. The third kappa shape index (κ3) is 122. The van der Waals surface area contributed by atoms with Crippen molar-refractivity contribution in [3.63, 3.8) is 0 Å². The molecule has 4 nitrogen and oxygen atoms in total. The normalized spacial score (nSPS) is 8.43. The fourth-order valence-electron chi connectivity index (χ4n) is 0. The van der Waals surface area contributed by atoms with E-state index in [4.69, 9.17) is 19.2 Å². The second-order valence-electron chi connectivity index (χ2n) is 0.513. The van der Waals surface area contributed by atoms with E-state index >= 15 is 0 Å². The molecule has 0 rings (SSSR count). The number of hydrogen-bond acceptors (Lipinski definition) is 1. The van der Waals surface area contributed by atoms with Crippen LogP contribution in [0.1, 0.15) is 0 Å². The zero-order valence-electron chi connectivity index (χ0n) is 2.83. The van der Waals surface area contributed by atoms with Gasteiger partial charge in [-0.2, -0.15) is 0 Å². The molecule has 3 N–H and O–H groups in total. The van der Waals surface area contributed by atoms with E-state index < -0.39 is 7.82 Å². The maximum atomic E-state index is 8.88. The Morgan fingerprint density at radius 1 is 1.14 bits per heavy atom. The maximum absolute atomic E-state index is 8.88. The van der Waals surface area contributed by atoms with Crippen LogP contribution in [0.15, 0.2) is 0 Å². The topological polar surface area (TPSA) is 77.8 Å². The van der Waals surface area contributed by atoms with Gasteiger partial charge in [-0.1, -0.05) is 0 Å². The Morgan fingerprint density at radius 2 is 1.14 bits per heavy atom. The smallest absolute Gasteiger partial charge is 0.303 e. The van der Waals surface area contributed by atoms with Crippen molar-refractivity contribution in [2.24, 2.45) is 0 Å². The van der Waals surface area contributed by atoms with Crippen LogP contribution in [0.3, 0.4) is 0 Å². The van der Waals surface area contributed by atoms with Crippen molar-refractivity contribution in [2.45, 2.75) is 0 Å². The first-order valence-corrected chi connectivity index (χ1v) is 2.35. The fraction of sp³-hybridized carbons (Fsp3) is 0. The van der Waals surface area contributed by atoms with Crippen molar-refractivity contribution < 1.29 is 56.8 Å². The van der Waals surface area contributed by atoms with E-state index in [1.54, 1.807) is 0 Å². The molecule has 7 heteroatoms. The Kier molecular flexibility index (Phi) is 12.2. The van der Waals surface area contributed by atoms with Crippen LogP contribution in [0.2, 0.25) is 0 Å². The summed E-state index contributed by atoms with van der Waals surface area (Å²) < 4.78 is 8.88. The Labute approximate surface area is 64.7 Å². The second kappa shape index (κ2) is 5.43. The van der Waals surface area contributed by atoms with Gasteiger partial charge in [0.1, 0.15) is 0 Å². The predicted octanol–water partition coefficient (Wildman–Crippen LogP) is -0.934. The van der Waals surface area contributed by atoms with E-state index in [1.165, 1.54) is 0 Å². The van der Waals surface area contributed by atoms with Crippen LogP contribution in [-0.4, -0.2) is 14.7 Å². The molecular weight excluding hydrogens is 349 g/mol. The first-order valence-electron chi connectivity index (χ1n) is 0.783. The molecule has 52 valence electrons. The van der Waals surface area contributed by atoms with Gasteiger partial charge in [0.2, 0.25) is 0 Å². The van der Waals surface area contributed by atoms with Crippen LogP contribution in [0.4, 0.5) is 0 Å². The zero-order valence-corrected chi connectivity index (χ0v) is 6.98. The molecule has 0 aliphatic heterocycles. The molecule has 0 aromatic heterocycles. The van der Waals surface area contributed by atoms with E-state index in [0.717, 1.165) is 0 Å². The molecule has 0 heterocycles. The minimum atomic E-state index is -4.64. The minimum absolute atomic E-state index is 0. The van der Waals surface area contributed by atoms with E-state index in [2.05, 4.69) is 0 Å². The van der Waals surface area contributed by atoms with Crippen molar-refractivity contribution >= 4 is 7.82 Å². The van der Waals surface area contributed by atoms with Crippen molar-refractivity contribution in [3.8, 4) is 0 Å². The van der Waals surface area contributed by atoms with Gasteiger partial charge in [-0.3, -0.25) is 0 Å². The molecule has 0 unspecified atom stereocenters. The second-order valence-corrected chi connectivity index (χ2v) is 1.54. The van der Waals surface area contributed by atoms with Crippen LogP contribution in [-0.2, 0) is 42.1 Å². The van der Waals surface area contributed by atoms with Crippen molar-refractivity contribution in [3.05, 3.63) is 0 Å². The van der Waals surface area contributed by atoms with Gasteiger partial charge in [0, 0.05) is 37.6 Å². The van der Waals surface area contributed by atoms with Gasteiger partial charge < -0.3 is 14.7 Å². The summed E-state index contributed by atoms with van der Waals surface area (Å²) in [6.45, 7) is 0. The molecule has 0 saturated heterocycles. The molecule has 0 spiro atoms. The quantitative estimate of drug-likeness (QED) is 0.389. The van der Waals surface area contributed by atoms with E-state index in [9.17, 15) is 0 Å². The average molecular weight is 352 g/mol. The first-order chi connectivity index (χ1) is 2.00. The molecule has 0 radical (unpaired) electrons. The van der Waals surface area contributed by atoms with Gasteiger partial charge in [0.15, 0.2) is 0 Å². The SMILES string of the molecule is O=P(O)(O)O.[Ni].[Pt]. The summed E-state index contributed by atoms with van der Waals surface area (Å²) in [7, 11) is -4.64. The van der Waals surface area contributed by atoms with Crippen molar-refractivity contribution in [1.82, 2.24) is 0 Å². The number of hydrogen-bond donors (Lipinski definition) is 3. The molecule has 0 atom stereocenters. The Balaban J connectivity index is -0.0000000800. The fourth-order valence-corrected chi connectivity index (χ4v) is 0. The molecule has 7 heavy (non-hydrogen) atoms. The van der Waals surface area contributed by atoms with Crippen molar-refractivity contribution in [1.29, 1.82) is 0 Å². The molecule has 0 aromatic rings. The van der Waals surface area contributed by atoms with E-state index in [-0.39, 0.29) is 37.6 Å². The summed E-state index contributed by atoms with van der Waals surface area (Å²) >= 11 is 0. The molecule has 0 aliphatic rings. The summed E-state index contributed by atoms with van der Waals surface area (Å²) in [6, 6.07) is 0. The average Bonchev–Trinajstić information content (AvgIpc) is 0.722. The van der Waals surface area contributed by atoms with E-state index in [0.29, 0.717) is 0 Å². The molecule has 0 amide bonds. The molecular formula is H3NiO4PPt. The summed E-state index contributed by atoms with van der Waals surface area (Å²) in [5.74, 6) is 0. The van der Waals surface area contributed by atoms with Gasteiger partial charge in [0.05, 0.1) is 0 Å². The monoisotopic (exact) mass is 351 g/mol. The summed E-state index contributed by atoms with van der Waals surface area (Å²) in [5.41, 5.74) is 0. The molecule has 0 aromatic carbocycles. The Bertz CT molecular complexity index is 57.8. The van der Waals surface area contributed by atoms with Gasteiger partial charge in [-0.05, 0) is 0 Å². The largest absolute Gasteiger partial charge is 0.466 e. The Hall–Kier alpha value is 1.29. The predicted molar refractivity (Wildman–Crippen MR) is 14.3 cm³/mol. The van der Waals surface area contributed by atoms with Crippen molar-refractivity contribution in [2.75, 3.05) is 0 Å². The van der Waals surface area contributed by atoms with E-state index in [1.807, 2.05) is 0 Å². The standard InChI is InChI=1S/Ni.H3O4P.Pt/c;1-5(2,3)4;/h;(H3,1,2,3,4);. The van der Waals surface area contributed by atoms with Crippen LogP contribution < -0.4 is 0 Å². The van der Waals surface area contributed by atoms with Gasteiger partial charge in [-0.25, -0.2) is 4.57 Å². The molecule has 0 bridgehead atoms. The first kappa shape index (κ1) is 15.7. The minimum Gasteiger partial charge on any atom is -0.303 e. The zero-order chi connectivity index (χ0) is 4.50. The van der Waals surface area contributed by atoms with Crippen LogP contribution in [0.25, 0.3) is 0 Å². The van der Waals surface area contributed by atoms with Crippen LogP contribution in [0.5, 0.6) is 0 Å². The summed E-state index contributed by atoms with van der Waals surface area (Å²) in [5, 5.41) is 0. The number of phosphoric acid groups is 1. The third-order valence-electron chi connectivity index (χ3n) is 0. The van der Waals surface area contributed by atoms with Crippen LogP contribution in [0, 0.1) is 0 Å². The summed E-state index contributed by atoms with van der Waals surface area (Å²) in [4.78, 5) is 21.6.